The lowest BCUT2D eigenvalue weighted by Crippen LogP contribution is -2.30. The van der Waals surface area contributed by atoms with E-state index in [1.807, 2.05) is 37.4 Å². The molecule has 4 rings (SSSR count). The minimum atomic E-state index is -0.227. The van der Waals surface area contributed by atoms with E-state index in [0.29, 0.717) is 29.6 Å². The predicted molar refractivity (Wildman–Crippen MR) is 144 cm³/mol. The summed E-state index contributed by atoms with van der Waals surface area (Å²) in [7, 11) is 3.23. The number of amides is 1. The molecule has 0 saturated heterocycles. The van der Waals surface area contributed by atoms with Crippen molar-refractivity contribution < 1.29 is 14.3 Å². The molecule has 7 nitrogen and oxygen atoms in total. The number of aromatic nitrogens is 2. The van der Waals surface area contributed by atoms with Gasteiger partial charge in [0, 0.05) is 60.5 Å². The van der Waals surface area contributed by atoms with Crippen LogP contribution in [0.4, 0.5) is 0 Å². The lowest BCUT2D eigenvalue weighted by molar-refractivity contribution is 0.0958. The van der Waals surface area contributed by atoms with Gasteiger partial charge in [0.1, 0.15) is 0 Å². The fourth-order valence-electron chi connectivity index (χ4n) is 4.44. The summed E-state index contributed by atoms with van der Waals surface area (Å²) in [4.78, 5) is 18.0. The van der Waals surface area contributed by atoms with E-state index in [-0.39, 0.29) is 11.9 Å². The lowest BCUT2D eigenvalue weighted by Gasteiger charge is -2.23. The van der Waals surface area contributed by atoms with Gasteiger partial charge in [-0.05, 0) is 61.8 Å². The first-order valence-electron chi connectivity index (χ1n) is 11.7. The van der Waals surface area contributed by atoms with Gasteiger partial charge in [0.2, 0.25) is 5.88 Å². The molecule has 1 amide bonds. The average molecular weight is 507 g/mol. The van der Waals surface area contributed by atoms with Crippen LogP contribution in [-0.4, -0.2) is 42.8 Å². The molecule has 0 atom stereocenters. The number of hydrogen-bond acceptors (Lipinski definition) is 5. The van der Waals surface area contributed by atoms with E-state index < -0.39 is 0 Å². The number of benzene rings is 1. The number of halogens is 1. The van der Waals surface area contributed by atoms with Crippen LogP contribution in [0.25, 0.3) is 22.0 Å². The summed E-state index contributed by atoms with van der Waals surface area (Å²) in [6, 6.07) is 7.79. The Morgan fingerprint density at radius 2 is 2.03 bits per heavy atom. The van der Waals surface area contributed by atoms with Crippen LogP contribution in [0.5, 0.6) is 5.88 Å². The zero-order valence-corrected chi connectivity index (χ0v) is 22.0. The van der Waals surface area contributed by atoms with E-state index in [1.165, 1.54) is 0 Å². The molecular formula is C28H31ClN4O3. The molecule has 1 aliphatic heterocycles. The van der Waals surface area contributed by atoms with Crippen molar-refractivity contribution >= 4 is 28.4 Å². The second-order valence-electron chi connectivity index (χ2n) is 9.04. The summed E-state index contributed by atoms with van der Waals surface area (Å²) in [5.74, 6) is 0.298. The third-order valence-corrected chi connectivity index (χ3v) is 6.47. The number of allylic oxidation sites excluding steroid dienone is 1. The molecule has 0 bridgehead atoms. The second-order valence-corrected chi connectivity index (χ2v) is 9.44. The van der Waals surface area contributed by atoms with Crippen molar-refractivity contribution in [3.05, 3.63) is 82.4 Å². The maximum Gasteiger partial charge on any atom is 0.252 e. The molecule has 0 unspecified atom stereocenters. The largest absolute Gasteiger partial charge is 0.481 e. The van der Waals surface area contributed by atoms with E-state index in [4.69, 9.17) is 21.1 Å². The molecule has 0 radical (unpaired) electrons. The van der Waals surface area contributed by atoms with Gasteiger partial charge in [-0.3, -0.25) is 4.79 Å². The van der Waals surface area contributed by atoms with Gasteiger partial charge in [0.25, 0.3) is 5.91 Å². The smallest absolute Gasteiger partial charge is 0.252 e. The maximum atomic E-state index is 13.6. The van der Waals surface area contributed by atoms with Crippen LogP contribution < -0.4 is 15.4 Å². The van der Waals surface area contributed by atoms with Gasteiger partial charge in [-0.2, -0.15) is 0 Å². The molecule has 36 heavy (non-hydrogen) atoms. The molecular weight excluding hydrogens is 476 g/mol. The second kappa shape index (κ2) is 10.6. The number of rotatable bonds is 8. The Kier molecular flexibility index (Phi) is 7.52. The van der Waals surface area contributed by atoms with Crippen molar-refractivity contribution in [1.82, 2.24) is 20.2 Å². The highest BCUT2D eigenvalue weighted by atomic mass is 35.5. The van der Waals surface area contributed by atoms with Gasteiger partial charge in [0.05, 0.1) is 29.8 Å². The van der Waals surface area contributed by atoms with Crippen molar-refractivity contribution in [2.24, 2.45) is 0 Å². The molecule has 0 fully saturated rings. The van der Waals surface area contributed by atoms with Crippen molar-refractivity contribution in [3.8, 4) is 17.0 Å². The topological polar surface area (TPSA) is 77.4 Å². The molecule has 0 aliphatic carbocycles. The third kappa shape index (κ3) is 5.03. The standard InChI is InChI=1S/C28H31ClN4O3/c1-16(2)33-14-24(29)27-22(10-20(11-25(27)33)19-7-8-26(36-6)30-12-19)28(34)31-13-23-18(4)32-17(3)9-21(23)15-35-5/h7-12,14,16,32H,4,13,15H2,1-3,5-6H3,(H,31,34). The highest BCUT2D eigenvalue weighted by molar-refractivity contribution is 6.37. The van der Waals surface area contributed by atoms with Crippen LogP contribution in [0.2, 0.25) is 5.02 Å². The molecule has 2 aromatic heterocycles. The van der Waals surface area contributed by atoms with Gasteiger partial charge in [-0.1, -0.05) is 18.2 Å². The molecule has 2 N–H and O–H groups in total. The minimum absolute atomic E-state index is 0.161. The fraction of sp³-hybridized carbons (Fsp3) is 0.286. The maximum absolute atomic E-state index is 13.6. The van der Waals surface area contributed by atoms with Crippen LogP contribution in [0, 0.1) is 0 Å². The number of nitrogens with one attached hydrogen (secondary N) is 2. The molecule has 8 heteroatoms. The quantitative estimate of drug-likeness (QED) is 0.413. The molecule has 1 aromatic carbocycles. The molecule has 3 heterocycles. The Morgan fingerprint density at radius 1 is 1.25 bits per heavy atom. The van der Waals surface area contributed by atoms with Crippen molar-refractivity contribution in [3.63, 3.8) is 0 Å². The number of dihydropyridines is 1. The first-order valence-corrected chi connectivity index (χ1v) is 12.1. The Morgan fingerprint density at radius 3 is 2.67 bits per heavy atom. The Bertz CT molecular complexity index is 1380. The van der Waals surface area contributed by atoms with Gasteiger partial charge < -0.3 is 24.7 Å². The summed E-state index contributed by atoms with van der Waals surface area (Å²) in [5, 5.41) is 7.56. The third-order valence-electron chi connectivity index (χ3n) is 6.18. The van der Waals surface area contributed by atoms with Crippen molar-refractivity contribution in [2.45, 2.75) is 26.8 Å². The number of fused-ring (bicyclic) bond motifs is 1. The molecule has 1 aliphatic rings. The van der Waals surface area contributed by atoms with E-state index >= 15 is 0 Å². The first-order chi connectivity index (χ1) is 17.2. The van der Waals surface area contributed by atoms with Crippen LogP contribution >= 0.6 is 11.6 Å². The van der Waals surface area contributed by atoms with Gasteiger partial charge >= 0.3 is 0 Å². The molecule has 0 spiro atoms. The first kappa shape index (κ1) is 25.5. The lowest BCUT2D eigenvalue weighted by atomic mass is 9.99. The zero-order valence-electron chi connectivity index (χ0n) is 21.2. The number of methoxy groups -OCH3 is 2. The SMILES string of the molecule is C=C1NC(C)=CC(COC)=C1CNC(=O)c1cc(-c2ccc(OC)nc2)cc2c1c(Cl)cn2C(C)C. The predicted octanol–water partition coefficient (Wildman–Crippen LogP) is 5.64. The number of carbonyl (C=O) groups is 1. The van der Waals surface area contributed by atoms with Crippen LogP contribution in [0.3, 0.4) is 0 Å². The highest BCUT2D eigenvalue weighted by Gasteiger charge is 2.21. The average Bonchev–Trinajstić information content (AvgIpc) is 3.19. The molecule has 3 aromatic rings. The summed E-state index contributed by atoms with van der Waals surface area (Å²) < 4.78 is 12.6. The van der Waals surface area contributed by atoms with Gasteiger partial charge in [-0.25, -0.2) is 4.98 Å². The number of hydrogen-bond donors (Lipinski definition) is 2. The molecule has 0 saturated carbocycles. The monoisotopic (exact) mass is 506 g/mol. The molecule has 188 valence electrons. The van der Waals surface area contributed by atoms with Crippen LogP contribution in [-0.2, 0) is 4.74 Å². The van der Waals surface area contributed by atoms with E-state index in [2.05, 4.69) is 40.6 Å². The van der Waals surface area contributed by atoms with Crippen LogP contribution in [0.1, 0.15) is 37.2 Å². The normalized spacial score (nSPS) is 13.8. The van der Waals surface area contributed by atoms with E-state index in [1.54, 1.807) is 26.5 Å². The van der Waals surface area contributed by atoms with E-state index in [9.17, 15) is 4.79 Å². The number of carbonyl (C=O) groups excluding carboxylic acids is 1. The Hall–Kier alpha value is -3.55. The van der Waals surface area contributed by atoms with Crippen molar-refractivity contribution in [1.29, 1.82) is 0 Å². The van der Waals surface area contributed by atoms with E-state index in [0.717, 1.165) is 44.6 Å². The summed E-state index contributed by atoms with van der Waals surface area (Å²) in [5.41, 5.74) is 6.71. The fourth-order valence-corrected chi connectivity index (χ4v) is 4.75. The Balaban J connectivity index is 1.77. The number of nitrogens with zero attached hydrogens (tertiary/aromatic N) is 2. The van der Waals surface area contributed by atoms with Crippen LogP contribution in [0.15, 0.2) is 71.9 Å². The number of ether oxygens (including phenoxy) is 2. The van der Waals surface area contributed by atoms with Gasteiger partial charge in [0.15, 0.2) is 0 Å². The van der Waals surface area contributed by atoms with Crippen molar-refractivity contribution in [2.75, 3.05) is 27.4 Å². The summed E-state index contributed by atoms with van der Waals surface area (Å²) in [6.45, 7) is 11.0. The van der Waals surface area contributed by atoms with Gasteiger partial charge in [-0.15, -0.1) is 0 Å². The highest BCUT2D eigenvalue weighted by Crippen LogP contribution is 2.35. The number of pyridine rings is 1. The minimum Gasteiger partial charge on any atom is -0.481 e. The zero-order chi connectivity index (χ0) is 26.0. The summed E-state index contributed by atoms with van der Waals surface area (Å²) in [6.07, 6.45) is 5.62. The summed E-state index contributed by atoms with van der Waals surface area (Å²) >= 11 is 6.67. The Labute approximate surface area is 216 Å².